The molecule has 0 rings (SSSR count). The molecule has 17 nitrogen and oxygen atoms in total. The number of aliphatic hydroxyl groups excluding tert-OH is 1. The molecule has 3 N–H and O–H groups in total. The second-order valence-electron chi connectivity index (χ2n) is 25.4. The Balaban J connectivity index is 5.15. The molecular weight excluding hydrogens is 1160 g/mol. The van der Waals surface area contributed by atoms with Crippen LogP contribution in [0.4, 0.5) is 0 Å². The maximum absolute atomic E-state index is 13.0. The van der Waals surface area contributed by atoms with Crippen LogP contribution in [0.1, 0.15) is 356 Å². The highest BCUT2D eigenvalue weighted by molar-refractivity contribution is 7.47. The fraction of sp³-hybridized carbons (Fsp3) is 0.942. The molecule has 0 aliphatic carbocycles. The predicted octanol–water partition coefficient (Wildman–Crippen LogP) is 19.7. The van der Waals surface area contributed by atoms with Gasteiger partial charge in [-0.05, 0) is 31.6 Å². The van der Waals surface area contributed by atoms with Crippen LogP contribution in [0.25, 0.3) is 0 Å². The van der Waals surface area contributed by atoms with Crippen LogP contribution in [0.2, 0.25) is 0 Å². The van der Waals surface area contributed by atoms with Crippen molar-refractivity contribution in [2.24, 2.45) is 5.92 Å². The van der Waals surface area contributed by atoms with Crippen molar-refractivity contribution in [2.75, 3.05) is 39.6 Å². The zero-order valence-corrected chi connectivity index (χ0v) is 58.6. The molecule has 0 aliphatic heterocycles. The molecule has 0 radical (unpaired) electrons. The predicted molar refractivity (Wildman–Crippen MR) is 354 cm³/mol. The first-order valence-electron chi connectivity index (χ1n) is 36.1. The topological polar surface area (TPSA) is 237 Å². The Labute approximate surface area is 537 Å². The third-order valence-corrected chi connectivity index (χ3v) is 17.9. The summed E-state index contributed by atoms with van der Waals surface area (Å²) in [4.78, 5) is 72.2. The molecule has 0 saturated heterocycles. The van der Waals surface area contributed by atoms with Gasteiger partial charge in [0.1, 0.15) is 19.3 Å². The van der Waals surface area contributed by atoms with Crippen molar-refractivity contribution in [2.45, 2.75) is 374 Å². The van der Waals surface area contributed by atoms with E-state index in [2.05, 4.69) is 34.6 Å². The van der Waals surface area contributed by atoms with E-state index in [4.69, 9.17) is 37.0 Å². The minimum Gasteiger partial charge on any atom is -0.462 e. The van der Waals surface area contributed by atoms with E-state index in [0.29, 0.717) is 25.7 Å². The van der Waals surface area contributed by atoms with Crippen molar-refractivity contribution in [1.82, 2.24) is 0 Å². The summed E-state index contributed by atoms with van der Waals surface area (Å²) in [5.41, 5.74) is 0. The first kappa shape index (κ1) is 86.1. The van der Waals surface area contributed by atoms with Crippen molar-refractivity contribution in [3.63, 3.8) is 0 Å². The number of carbonyl (C=O) groups is 4. The van der Waals surface area contributed by atoms with Crippen molar-refractivity contribution >= 4 is 39.5 Å². The van der Waals surface area contributed by atoms with Gasteiger partial charge < -0.3 is 33.8 Å². The number of hydrogen-bond acceptors (Lipinski definition) is 15. The van der Waals surface area contributed by atoms with Crippen LogP contribution in [-0.4, -0.2) is 96.7 Å². The van der Waals surface area contributed by atoms with Gasteiger partial charge in [0.25, 0.3) is 0 Å². The number of phosphoric ester groups is 2. The lowest BCUT2D eigenvalue weighted by atomic mass is 10.0. The summed E-state index contributed by atoms with van der Waals surface area (Å²) >= 11 is 0. The molecule has 522 valence electrons. The van der Waals surface area contributed by atoms with Gasteiger partial charge in [-0.25, -0.2) is 9.13 Å². The molecule has 0 saturated carbocycles. The standard InChI is InChI=1S/C69H134O17P2/c1-6-9-12-15-17-19-21-22-23-24-25-26-27-31-36-40-45-50-55-69(74)86-65(59-80-67(72)53-48-43-38-34-32-28-30-33-37-42-46-51-62(4)5)61-84-88(77,78)82-57-63(70)56-81-87(75,76)83-60-64(58-79-66(71)52-47-41-14-11-8-3)85-68(73)54-49-44-39-35-29-20-18-16-13-10-7-2/h62-65,70H,6-61H2,1-5H3,(H,75,76)(H,77,78)/t63-,64+,65+/m0/s1. The lowest BCUT2D eigenvalue weighted by Gasteiger charge is -2.21. The molecule has 88 heavy (non-hydrogen) atoms. The summed E-state index contributed by atoms with van der Waals surface area (Å²) in [5.74, 6) is -1.36. The Bertz CT molecular complexity index is 1700. The number of ether oxygens (including phenoxy) is 4. The van der Waals surface area contributed by atoms with Crippen LogP contribution in [0.15, 0.2) is 0 Å². The maximum Gasteiger partial charge on any atom is 0.472 e. The SMILES string of the molecule is CCCCCCCCCCCCCCCCCCCCC(=O)O[C@H](COC(=O)CCCCCCCCCCCCCC(C)C)COP(=O)(O)OC[C@@H](O)COP(=O)(O)OC[C@@H](COC(=O)CCCCCCC)OC(=O)CCCCCCCCCCCCC. The number of esters is 4. The lowest BCUT2D eigenvalue weighted by molar-refractivity contribution is -0.161. The number of aliphatic hydroxyl groups is 1. The molecule has 0 aromatic carbocycles. The summed E-state index contributed by atoms with van der Waals surface area (Å²) in [5, 5.41) is 10.5. The van der Waals surface area contributed by atoms with Gasteiger partial charge in [-0.2, -0.15) is 0 Å². The molecular formula is C69H134O17P2. The number of carbonyl (C=O) groups excluding carboxylic acids is 4. The molecule has 0 bridgehead atoms. The summed E-state index contributed by atoms with van der Waals surface area (Å²) in [6.07, 6.45) is 48.9. The van der Waals surface area contributed by atoms with Crippen molar-refractivity contribution in [1.29, 1.82) is 0 Å². The van der Waals surface area contributed by atoms with E-state index in [9.17, 15) is 43.2 Å². The highest BCUT2D eigenvalue weighted by Crippen LogP contribution is 2.45. The van der Waals surface area contributed by atoms with E-state index >= 15 is 0 Å². The maximum atomic E-state index is 13.0. The minimum atomic E-state index is -4.95. The zero-order valence-electron chi connectivity index (χ0n) is 56.9. The van der Waals surface area contributed by atoms with E-state index in [1.54, 1.807) is 0 Å². The lowest BCUT2D eigenvalue weighted by Crippen LogP contribution is -2.30. The number of unbranched alkanes of at least 4 members (excludes halogenated alkanes) is 41. The molecule has 0 aromatic rings. The highest BCUT2D eigenvalue weighted by atomic mass is 31.2. The highest BCUT2D eigenvalue weighted by Gasteiger charge is 2.30. The monoisotopic (exact) mass is 1300 g/mol. The Morgan fingerprint density at radius 3 is 0.773 bits per heavy atom. The van der Waals surface area contributed by atoms with Crippen molar-refractivity contribution < 1.29 is 80.2 Å². The molecule has 2 unspecified atom stereocenters. The number of phosphoric acid groups is 2. The quantitative estimate of drug-likeness (QED) is 0.0222. The van der Waals surface area contributed by atoms with Crippen LogP contribution >= 0.6 is 15.6 Å². The third-order valence-electron chi connectivity index (χ3n) is 16.0. The first-order chi connectivity index (χ1) is 42.5. The molecule has 19 heteroatoms. The van der Waals surface area contributed by atoms with Gasteiger partial charge >= 0.3 is 39.5 Å². The fourth-order valence-corrected chi connectivity index (χ4v) is 12.0. The van der Waals surface area contributed by atoms with E-state index in [0.717, 1.165) is 102 Å². The Morgan fingerprint density at radius 1 is 0.307 bits per heavy atom. The van der Waals surface area contributed by atoms with Gasteiger partial charge in [-0.1, -0.05) is 304 Å². The van der Waals surface area contributed by atoms with Gasteiger partial charge in [0.05, 0.1) is 26.4 Å². The smallest absolute Gasteiger partial charge is 0.462 e. The summed E-state index contributed by atoms with van der Waals surface area (Å²) in [7, 11) is -9.89. The largest absolute Gasteiger partial charge is 0.472 e. The Kier molecular flexibility index (Phi) is 61.1. The van der Waals surface area contributed by atoms with E-state index in [-0.39, 0.29) is 25.7 Å². The fourth-order valence-electron chi connectivity index (χ4n) is 10.5. The van der Waals surface area contributed by atoms with Gasteiger partial charge in [-0.15, -0.1) is 0 Å². The van der Waals surface area contributed by atoms with E-state index in [1.165, 1.54) is 173 Å². The molecule has 0 fully saturated rings. The second kappa shape index (κ2) is 62.5. The van der Waals surface area contributed by atoms with Crippen LogP contribution < -0.4 is 0 Å². The van der Waals surface area contributed by atoms with Gasteiger partial charge in [0, 0.05) is 25.7 Å². The van der Waals surface area contributed by atoms with Crippen molar-refractivity contribution in [3.8, 4) is 0 Å². The normalized spacial score (nSPS) is 14.1. The van der Waals surface area contributed by atoms with Crippen LogP contribution in [0, 0.1) is 5.92 Å². The average Bonchev–Trinajstić information content (AvgIpc) is 3.65. The summed E-state index contributed by atoms with van der Waals surface area (Å²) in [6, 6.07) is 0. The molecule has 0 aliphatic rings. The third kappa shape index (κ3) is 62.8. The van der Waals surface area contributed by atoms with Crippen molar-refractivity contribution in [3.05, 3.63) is 0 Å². The summed E-state index contributed by atoms with van der Waals surface area (Å²) < 4.78 is 68.0. The molecule has 0 heterocycles. The second-order valence-corrected chi connectivity index (χ2v) is 28.3. The first-order valence-corrected chi connectivity index (χ1v) is 39.1. The van der Waals surface area contributed by atoms with Gasteiger partial charge in [0.15, 0.2) is 12.2 Å². The van der Waals surface area contributed by atoms with Crippen LogP contribution in [0.5, 0.6) is 0 Å². The number of rotatable bonds is 69. The summed E-state index contributed by atoms with van der Waals surface area (Å²) in [6.45, 7) is 7.15. The van der Waals surface area contributed by atoms with E-state index < -0.39 is 97.5 Å². The minimum absolute atomic E-state index is 0.106. The Hall–Kier alpha value is -1.94. The molecule has 5 atom stereocenters. The van der Waals surface area contributed by atoms with E-state index in [1.807, 2.05) is 0 Å². The average molecular weight is 1300 g/mol. The van der Waals surface area contributed by atoms with Crippen LogP contribution in [-0.2, 0) is 65.4 Å². The number of hydrogen-bond donors (Lipinski definition) is 3. The Morgan fingerprint density at radius 2 is 0.523 bits per heavy atom. The van der Waals surface area contributed by atoms with Gasteiger partial charge in [-0.3, -0.25) is 37.3 Å². The van der Waals surface area contributed by atoms with Gasteiger partial charge in [0.2, 0.25) is 0 Å². The molecule has 0 spiro atoms. The molecule has 0 amide bonds. The molecule has 0 aromatic heterocycles. The van der Waals surface area contributed by atoms with Crippen LogP contribution in [0.3, 0.4) is 0 Å². The zero-order chi connectivity index (χ0) is 64.9.